The molecule has 10 nitrogen and oxygen atoms in total. The number of thioether (sulfide) groups is 1. The van der Waals surface area contributed by atoms with Gasteiger partial charge in [-0.3, -0.25) is 4.79 Å². The van der Waals surface area contributed by atoms with Gasteiger partial charge in [-0.25, -0.2) is 5.43 Å². The van der Waals surface area contributed by atoms with Crippen LogP contribution in [0.3, 0.4) is 0 Å². The molecule has 0 saturated carbocycles. The number of nitrogens with one attached hydrogen (secondary N) is 2. The van der Waals surface area contributed by atoms with E-state index in [9.17, 15) is 9.90 Å². The zero-order valence-electron chi connectivity index (χ0n) is 20.7. The Morgan fingerprint density at radius 1 is 1.08 bits per heavy atom. The van der Waals surface area contributed by atoms with Gasteiger partial charge in [0, 0.05) is 4.47 Å². The van der Waals surface area contributed by atoms with Gasteiger partial charge in [0.15, 0.2) is 11.5 Å². The zero-order chi connectivity index (χ0) is 27.1. The lowest BCUT2D eigenvalue weighted by atomic mass is 10.2. The number of hydrazone groups is 1. The molecule has 2 N–H and O–H groups in total. The van der Waals surface area contributed by atoms with Gasteiger partial charge in [-0.05, 0) is 59.8 Å². The molecule has 4 rings (SSSR count). The van der Waals surface area contributed by atoms with Crippen molar-refractivity contribution in [3.05, 3.63) is 70.7 Å². The molecule has 0 unspecified atom stereocenters. The maximum atomic E-state index is 12.5. The van der Waals surface area contributed by atoms with Gasteiger partial charge in [-0.15, -0.1) is 5.10 Å². The fourth-order valence-electron chi connectivity index (χ4n) is 3.54. The Morgan fingerprint density at radius 2 is 1.82 bits per heavy atom. The lowest BCUT2D eigenvalue weighted by Gasteiger charge is -2.14. The number of hydrogen-bond donors (Lipinski definition) is 2. The molecule has 12 heteroatoms. The Bertz CT molecular complexity index is 1460. The molecule has 0 aliphatic heterocycles. The first kappa shape index (κ1) is 27.0. The molecule has 0 radical (unpaired) electrons. The van der Waals surface area contributed by atoms with E-state index in [1.807, 2.05) is 53.1 Å². The first-order valence-electron chi connectivity index (χ1n) is 11.2. The number of nitrogens with zero attached hydrogens (tertiary/aromatic N) is 3. The van der Waals surface area contributed by atoms with Crippen molar-refractivity contribution in [2.75, 3.05) is 27.1 Å². The van der Waals surface area contributed by atoms with Gasteiger partial charge in [0.1, 0.15) is 11.4 Å². The van der Waals surface area contributed by atoms with Crippen molar-refractivity contribution in [2.24, 2.45) is 5.10 Å². The van der Waals surface area contributed by atoms with Crippen molar-refractivity contribution in [2.45, 2.75) is 5.16 Å². The van der Waals surface area contributed by atoms with Crippen LogP contribution in [0, 0.1) is 0 Å². The summed E-state index contributed by atoms with van der Waals surface area (Å²) in [6, 6.07) is 18.4. The van der Waals surface area contributed by atoms with E-state index in [4.69, 9.17) is 14.2 Å². The van der Waals surface area contributed by atoms with Crippen LogP contribution in [0.5, 0.6) is 23.0 Å². The van der Waals surface area contributed by atoms with Crippen LogP contribution in [0.2, 0.25) is 0 Å². The number of ether oxygens (including phenoxy) is 3. The van der Waals surface area contributed by atoms with Gasteiger partial charge in [-0.2, -0.15) is 9.67 Å². The second-order valence-electron chi connectivity index (χ2n) is 7.71. The van der Waals surface area contributed by atoms with Gasteiger partial charge >= 0.3 is 5.16 Å². The molecular formula is C26H24BrN5O5S. The number of amides is 1. The molecule has 1 aromatic heterocycles. The van der Waals surface area contributed by atoms with E-state index >= 15 is 0 Å². The molecule has 1 heterocycles. The van der Waals surface area contributed by atoms with Gasteiger partial charge in [0.2, 0.25) is 0 Å². The van der Waals surface area contributed by atoms with E-state index in [-0.39, 0.29) is 23.2 Å². The van der Waals surface area contributed by atoms with Crippen LogP contribution in [-0.4, -0.2) is 49.4 Å². The van der Waals surface area contributed by atoms with Crippen LogP contribution in [0.4, 0.5) is 0 Å². The smallest absolute Gasteiger partial charge is 0.342 e. The Labute approximate surface area is 231 Å². The number of aromatic nitrogens is 3. The third-order valence-corrected chi connectivity index (χ3v) is 6.86. The predicted octanol–water partition coefficient (Wildman–Crippen LogP) is 3.46. The van der Waals surface area contributed by atoms with Crippen LogP contribution in [-0.2, 0) is 4.79 Å². The summed E-state index contributed by atoms with van der Waals surface area (Å²) in [5, 5.41) is 24.0. The molecular weight excluding hydrogens is 574 g/mol. The van der Waals surface area contributed by atoms with E-state index in [2.05, 4.69) is 36.7 Å². The summed E-state index contributed by atoms with van der Waals surface area (Å²) >= 11 is 4.45. The largest absolute Gasteiger partial charge is 0.869 e. The first-order chi connectivity index (χ1) is 18.4. The summed E-state index contributed by atoms with van der Waals surface area (Å²) in [6.07, 6.45) is 1.43. The monoisotopic (exact) mass is 597 g/mol. The van der Waals surface area contributed by atoms with Crippen LogP contribution in [0.15, 0.2) is 75.4 Å². The van der Waals surface area contributed by atoms with Crippen molar-refractivity contribution >= 4 is 39.8 Å². The average Bonchev–Trinajstić information content (AvgIpc) is 3.37. The quantitative estimate of drug-likeness (QED) is 0.124. The fraction of sp³-hybridized carbons (Fsp3) is 0.154. The van der Waals surface area contributed by atoms with Crippen LogP contribution in [0.25, 0.3) is 17.1 Å². The molecule has 0 spiro atoms. The van der Waals surface area contributed by atoms with Gasteiger partial charge in [0.25, 0.3) is 11.7 Å². The first-order valence-corrected chi connectivity index (χ1v) is 13.0. The van der Waals surface area contributed by atoms with Gasteiger partial charge in [0.05, 0.1) is 44.0 Å². The molecule has 0 fully saturated rings. The standard InChI is InChI=1S/C26H24BrN5O5S/c1-35-20-10-9-17(13-21(20)36-2)25-30-31-26(32(25)18-7-5-4-6-8-18)38-15-23(33)29-28-14-16-11-19(27)24(34)22(12-16)37-3/h4-14H,15H2,1-3H3,(H2,28,29,33,34). The predicted molar refractivity (Wildman–Crippen MR) is 145 cm³/mol. The number of methoxy groups -OCH3 is 3. The Morgan fingerprint density at radius 3 is 2.53 bits per heavy atom. The minimum atomic E-state index is -0.326. The summed E-state index contributed by atoms with van der Waals surface area (Å²) < 4.78 is 18.2. The number of hydrogen-bond acceptors (Lipinski definition) is 8. The molecule has 3 aromatic carbocycles. The summed E-state index contributed by atoms with van der Waals surface area (Å²) in [4.78, 5) is 12.5. The van der Waals surface area contributed by atoms with E-state index in [1.165, 1.54) is 25.1 Å². The van der Waals surface area contributed by atoms with Crippen molar-refractivity contribution in [3.8, 4) is 40.1 Å². The minimum Gasteiger partial charge on any atom is -0.869 e. The number of benzene rings is 3. The lowest BCUT2D eigenvalue weighted by Crippen LogP contribution is -2.34. The van der Waals surface area contributed by atoms with E-state index in [0.29, 0.717) is 32.5 Å². The maximum absolute atomic E-state index is 12.5. The summed E-state index contributed by atoms with van der Waals surface area (Å²) in [5.41, 5.74) is 4.78. The Balaban J connectivity index is 1.52. The third kappa shape index (κ3) is 6.09. The fourth-order valence-corrected chi connectivity index (χ4v) is 4.76. The molecule has 4 aromatic rings. The van der Waals surface area contributed by atoms with Crippen molar-refractivity contribution in [1.29, 1.82) is 0 Å². The lowest BCUT2D eigenvalue weighted by molar-refractivity contribution is -0.625. The summed E-state index contributed by atoms with van der Waals surface area (Å²) in [6.45, 7) is 0. The van der Waals surface area contributed by atoms with Crippen molar-refractivity contribution in [1.82, 2.24) is 15.6 Å². The van der Waals surface area contributed by atoms with Crippen molar-refractivity contribution < 1.29 is 28.7 Å². The molecule has 38 heavy (non-hydrogen) atoms. The van der Waals surface area contributed by atoms with Crippen LogP contribution >= 0.6 is 27.7 Å². The SMILES string of the molecule is COc1ccc(-c2[nH]nc(SCC(=O)NN=Cc3cc(Br)c([O-])c(OC)c3)[n+]2-c2ccccc2)cc1OC. The highest BCUT2D eigenvalue weighted by molar-refractivity contribution is 9.10. The summed E-state index contributed by atoms with van der Waals surface area (Å²) in [7, 11) is 4.58. The van der Waals surface area contributed by atoms with Crippen LogP contribution < -0.4 is 29.3 Å². The number of rotatable bonds is 10. The number of H-pyrrole nitrogens is 1. The Hall–Kier alpha value is -4.03. The van der Waals surface area contributed by atoms with Crippen LogP contribution in [0.1, 0.15) is 5.56 Å². The second kappa shape index (κ2) is 12.5. The van der Waals surface area contributed by atoms with Gasteiger partial charge < -0.3 is 19.3 Å². The molecule has 0 bridgehead atoms. The maximum Gasteiger partial charge on any atom is 0.342 e. The highest BCUT2D eigenvalue weighted by Gasteiger charge is 2.25. The molecule has 0 aliphatic rings. The van der Waals surface area contributed by atoms with Crippen molar-refractivity contribution in [3.63, 3.8) is 0 Å². The zero-order valence-corrected chi connectivity index (χ0v) is 23.1. The minimum absolute atomic E-state index is 0.0624. The van der Waals surface area contributed by atoms with E-state index < -0.39 is 0 Å². The van der Waals surface area contributed by atoms with E-state index in [1.54, 1.807) is 26.4 Å². The van der Waals surface area contributed by atoms with E-state index in [0.717, 1.165) is 11.3 Å². The van der Waals surface area contributed by atoms with Gasteiger partial charge in [-0.1, -0.05) is 39.9 Å². The highest BCUT2D eigenvalue weighted by atomic mass is 79.9. The summed E-state index contributed by atoms with van der Waals surface area (Å²) in [5.74, 6) is 1.56. The normalized spacial score (nSPS) is 10.9. The second-order valence-corrected chi connectivity index (χ2v) is 9.51. The number of halogens is 1. The molecule has 1 amide bonds. The highest BCUT2D eigenvalue weighted by Crippen LogP contribution is 2.33. The average molecular weight is 598 g/mol. The molecule has 0 saturated heterocycles. The molecule has 0 atom stereocenters. The number of aromatic amines is 1. The number of carbonyl (C=O) groups excluding carboxylic acids is 1. The molecule has 196 valence electrons. The third-order valence-electron chi connectivity index (χ3n) is 5.33. The number of para-hydroxylation sites is 1. The Kier molecular flexibility index (Phi) is 8.87. The molecule has 0 aliphatic carbocycles. The topological polar surface area (TPSA) is 125 Å². The number of carbonyl (C=O) groups is 1.